The van der Waals surface area contributed by atoms with E-state index in [4.69, 9.17) is 19.4 Å². The molecule has 2 aliphatic rings. The lowest BCUT2D eigenvalue weighted by molar-refractivity contribution is -0.120. The molecule has 4 aromatic rings. The number of amides is 1. The number of ether oxygens (including phenoxy) is 2. The number of aromatic nitrogens is 3. The third-order valence-electron chi connectivity index (χ3n) is 7.16. The van der Waals surface area contributed by atoms with Crippen molar-refractivity contribution in [3.63, 3.8) is 0 Å². The number of hydrogen-bond acceptors (Lipinski definition) is 10. The van der Waals surface area contributed by atoms with Gasteiger partial charge in [0.15, 0.2) is 22.1 Å². The highest BCUT2D eigenvalue weighted by Gasteiger charge is 2.29. The van der Waals surface area contributed by atoms with E-state index in [9.17, 15) is 9.59 Å². The van der Waals surface area contributed by atoms with Crippen molar-refractivity contribution in [1.29, 1.82) is 0 Å². The van der Waals surface area contributed by atoms with Crippen LogP contribution in [-0.2, 0) is 22.4 Å². The smallest absolute Gasteiger partial charge is 0.229 e. The molecule has 0 bridgehead atoms. The van der Waals surface area contributed by atoms with Gasteiger partial charge in [-0.3, -0.25) is 9.59 Å². The molecule has 1 atom stereocenters. The molecule has 10 nitrogen and oxygen atoms in total. The van der Waals surface area contributed by atoms with Crippen LogP contribution in [0.25, 0.3) is 10.3 Å². The van der Waals surface area contributed by atoms with Crippen molar-refractivity contribution in [1.82, 2.24) is 15.0 Å². The Morgan fingerprint density at radius 1 is 1.03 bits per heavy atom. The zero-order chi connectivity index (χ0) is 26.9. The quantitative estimate of drug-likeness (QED) is 0.350. The Balaban J connectivity index is 1.21. The number of nitrogens with zero attached hydrogens (tertiary/aromatic N) is 4. The summed E-state index contributed by atoms with van der Waals surface area (Å²) in [5, 5.41) is 6.41. The number of nitrogens with one attached hydrogen (secondary N) is 2. The molecule has 0 saturated carbocycles. The number of thiazole rings is 1. The molecule has 1 fully saturated rings. The summed E-state index contributed by atoms with van der Waals surface area (Å²) in [6.07, 6.45) is 2.55. The first-order chi connectivity index (χ1) is 19.0. The van der Waals surface area contributed by atoms with Gasteiger partial charge in [0, 0.05) is 43.4 Å². The molecule has 1 aliphatic carbocycles. The van der Waals surface area contributed by atoms with Crippen molar-refractivity contribution >= 4 is 56.5 Å². The van der Waals surface area contributed by atoms with E-state index in [1.165, 1.54) is 11.3 Å². The van der Waals surface area contributed by atoms with Gasteiger partial charge in [-0.15, -0.1) is 11.3 Å². The average Bonchev–Trinajstić information content (AvgIpc) is 3.58. The van der Waals surface area contributed by atoms with Gasteiger partial charge in [0.2, 0.25) is 11.9 Å². The van der Waals surface area contributed by atoms with Crippen LogP contribution in [0, 0.1) is 5.92 Å². The molecule has 2 aromatic heterocycles. The Kier molecular flexibility index (Phi) is 6.74. The molecule has 39 heavy (non-hydrogen) atoms. The first kappa shape index (κ1) is 25.1. The summed E-state index contributed by atoms with van der Waals surface area (Å²) in [5.74, 6) is 2.35. The lowest BCUT2D eigenvalue weighted by Crippen LogP contribution is -2.41. The maximum Gasteiger partial charge on any atom is 0.229 e. The number of benzene rings is 2. The molecule has 2 aromatic carbocycles. The van der Waals surface area contributed by atoms with Crippen LogP contribution < -0.4 is 25.0 Å². The molecule has 200 valence electrons. The van der Waals surface area contributed by atoms with Crippen LogP contribution in [0.5, 0.6) is 11.5 Å². The summed E-state index contributed by atoms with van der Waals surface area (Å²) < 4.78 is 10.8. The minimum atomic E-state index is -0.211. The van der Waals surface area contributed by atoms with Crippen molar-refractivity contribution in [2.24, 2.45) is 5.92 Å². The van der Waals surface area contributed by atoms with Crippen LogP contribution in [-0.4, -0.2) is 54.0 Å². The molecule has 2 N–H and O–H groups in total. The van der Waals surface area contributed by atoms with E-state index in [2.05, 4.69) is 20.5 Å². The second-order valence-electron chi connectivity index (χ2n) is 9.72. The lowest BCUT2D eigenvalue weighted by atomic mass is 9.97. The van der Waals surface area contributed by atoms with Gasteiger partial charge in [-0.1, -0.05) is 6.07 Å². The van der Waals surface area contributed by atoms with E-state index in [1.807, 2.05) is 36.4 Å². The number of carbonyl (C=O) groups is 2. The standard InChI is InChI=1S/C28H28N6O4S/c1-37-22-8-7-20(13-23(22)38-2)30-25-24-27(39-15-29-24)33-28(32-25)34-9-3-4-17(14-34)26(36)31-19-6-5-16-11-21(35)12-18(16)10-19/h5-8,10,13,15,17H,3-4,9,11-12,14H2,1-2H3,(H,31,36)(H,30,32,33). The maximum absolute atomic E-state index is 13.2. The summed E-state index contributed by atoms with van der Waals surface area (Å²) in [5.41, 5.74) is 5.99. The number of ketones is 1. The van der Waals surface area contributed by atoms with E-state index >= 15 is 0 Å². The van der Waals surface area contributed by atoms with Crippen LogP contribution in [0.15, 0.2) is 41.9 Å². The van der Waals surface area contributed by atoms with Crippen molar-refractivity contribution in [2.75, 3.05) is 42.8 Å². The van der Waals surface area contributed by atoms with Crippen LogP contribution in [0.4, 0.5) is 23.1 Å². The number of fused-ring (bicyclic) bond motifs is 2. The highest BCUT2D eigenvalue weighted by Crippen LogP contribution is 2.34. The van der Waals surface area contributed by atoms with Gasteiger partial charge in [-0.05, 0) is 48.2 Å². The van der Waals surface area contributed by atoms with Crippen molar-refractivity contribution in [3.8, 4) is 11.5 Å². The van der Waals surface area contributed by atoms with E-state index in [0.29, 0.717) is 48.2 Å². The summed E-state index contributed by atoms with van der Waals surface area (Å²) in [7, 11) is 3.19. The van der Waals surface area contributed by atoms with Gasteiger partial charge in [-0.2, -0.15) is 9.97 Å². The second-order valence-corrected chi connectivity index (χ2v) is 10.6. The van der Waals surface area contributed by atoms with Crippen LogP contribution in [0.1, 0.15) is 24.0 Å². The average molecular weight is 545 g/mol. The van der Waals surface area contributed by atoms with Gasteiger partial charge in [-0.25, -0.2) is 4.98 Å². The zero-order valence-electron chi connectivity index (χ0n) is 21.7. The SMILES string of the molecule is COc1ccc(Nc2nc(N3CCCC(C(=O)Nc4ccc5c(c4)CC(=O)C5)C3)nc3scnc23)cc1OC. The number of rotatable bonds is 7. The van der Waals surface area contributed by atoms with E-state index in [0.717, 1.165) is 46.7 Å². The Bertz CT molecular complexity index is 1570. The Morgan fingerprint density at radius 2 is 1.85 bits per heavy atom. The highest BCUT2D eigenvalue weighted by molar-refractivity contribution is 7.16. The topological polar surface area (TPSA) is 119 Å². The number of Topliss-reactive ketones (excluding diaryl/α,β-unsaturated/α-hetero) is 1. The molecule has 1 saturated heterocycles. The zero-order valence-corrected chi connectivity index (χ0v) is 22.5. The van der Waals surface area contributed by atoms with E-state index in [-0.39, 0.29) is 17.6 Å². The lowest BCUT2D eigenvalue weighted by Gasteiger charge is -2.32. The predicted molar refractivity (Wildman–Crippen MR) is 150 cm³/mol. The first-order valence-corrected chi connectivity index (χ1v) is 13.7. The number of piperidine rings is 1. The monoisotopic (exact) mass is 544 g/mol. The fourth-order valence-electron chi connectivity index (χ4n) is 5.17. The van der Waals surface area contributed by atoms with E-state index < -0.39 is 0 Å². The fourth-order valence-corrected chi connectivity index (χ4v) is 5.83. The third-order valence-corrected chi connectivity index (χ3v) is 7.88. The van der Waals surface area contributed by atoms with E-state index in [1.54, 1.807) is 19.7 Å². The number of hydrogen-bond donors (Lipinski definition) is 2. The highest BCUT2D eigenvalue weighted by atomic mass is 32.1. The maximum atomic E-state index is 13.2. The molecular weight excluding hydrogens is 516 g/mol. The number of methoxy groups -OCH3 is 2. The second kappa shape index (κ2) is 10.5. The van der Waals surface area contributed by atoms with Crippen LogP contribution in [0.2, 0.25) is 0 Å². The normalized spacial score (nSPS) is 16.7. The third kappa shape index (κ3) is 5.09. The number of carbonyl (C=O) groups excluding carboxylic acids is 2. The molecule has 1 unspecified atom stereocenters. The van der Waals surface area contributed by atoms with Gasteiger partial charge >= 0.3 is 0 Å². The van der Waals surface area contributed by atoms with Crippen molar-refractivity contribution in [3.05, 3.63) is 53.0 Å². The predicted octanol–water partition coefficient (Wildman–Crippen LogP) is 4.37. The van der Waals surface area contributed by atoms with Gasteiger partial charge in [0.25, 0.3) is 0 Å². The minimum Gasteiger partial charge on any atom is -0.493 e. The van der Waals surface area contributed by atoms with Gasteiger partial charge < -0.3 is 25.0 Å². The molecule has 0 radical (unpaired) electrons. The summed E-state index contributed by atoms with van der Waals surface area (Å²) in [4.78, 5) is 41.9. The minimum absolute atomic E-state index is 0.0356. The molecule has 11 heteroatoms. The Labute approximate surface area is 229 Å². The molecular formula is C28H28N6O4S. The first-order valence-electron chi connectivity index (χ1n) is 12.8. The molecule has 1 aliphatic heterocycles. The van der Waals surface area contributed by atoms with Gasteiger partial charge in [0.05, 0.1) is 25.6 Å². The Morgan fingerprint density at radius 3 is 2.69 bits per heavy atom. The van der Waals surface area contributed by atoms with Crippen molar-refractivity contribution in [2.45, 2.75) is 25.7 Å². The number of anilines is 4. The molecule has 0 spiro atoms. The van der Waals surface area contributed by atoms with Crippen molar-refractivity contribution < 1.29 is 19.1 Å². The largest absolute Gasteiger partial charge is 0.493 e. The van der Waals surface area contributed by atoms with Crippen LogP contribution in [0.3, 0.4) is 0 Å². The molecule has 3 heterocycles. The summed E-state index contributed by atoms with van der Waals surface area (Å²) >= 11 is 1.45. The molecule has 6 rings (SSSR count). The molecule has 1 amide bonds. The summed E-state index contributed by atoms with van der Waals surface area (Å²) in [6.45, 7) is 1.26. The summed E-state index contributed by atoms with van der Waals surface area (Å²) in [6, 6.07) is 11.3. The van der Waals surface area contributed by atoms with Gasteiger partial charge in [0.1, 0.15) is 11.3 Å². The Hall–Kier alpha value is -4.25. The fraction of sp³-hybridized carbons (Fsp3) is 0.321. The van der Waals surface area contributed by atoms with Crippen LogP contribution >= 0.6 is 11.3 Å².